The average molecular weight is 361 g/mol. The van der Waals surface area contributed by atoms with Gasteiger partial charge in [0, 0.05) is 0 Å². The van der Waals surface area contributed by atoms with Crippen LogP contribution in [0.3, 0.4) is 0 Å². The molecule has 0 amide bonds. The summed E-state index contributed by atoms with van der Waals surface area (Å²) in [4.78, 5) is 0. The zero-order valence-corrected chi connectivity index (χ0v) is 18.1. The van der Waals surface area contributed by atoms with Gasteiger partial charge in [0.05, 0.1) is 0 Å². The Labute approximate surface area is 145 Å². The Morgan fingerprint density at radius 1 is 0.409 bits per heavy atom. The van der Waals surface area contributed by atoms with Crippen molar-refractivity contribution < 1.29 is 0 Å². The topological polar surface area (TPSA) is 0 Å². The molecule has 1 heteroatoms. The van der Waals surface area contributed by atoms with Gasteiger partial charge in [-0.1, -0.05) is 0 Å². The molecule has 22 heavy (non-hydrogen) atoms. The zero-order chi connectivity index (χ0) is 15.7. The Balaban J connectivity index is 1.93. The van der Waals surface area contributed by atoms with Crippen molar-refractivity contribution in [3.63, 3.8) is 0 Å². The Morgan fingerprint density at radius 3 is 0.864 bits per heavy atom. The minimum absolute atomic E-state index is 0.823. The van der Waals surface area contributed by atoms with Gasteiger partial charge in [0.15, 0.2) is 0 Å². The third-order valence-electron chi connectivity index (χ3n) is 8.08. The van der Waals surface area contributed by atoms with Crippen molar-refractivity contribution in [3.05, 3.63) is 0 Å². The molecule has 3 saturated carbocycles. The second-order valence-corrected chi connectivity index (χ2v) is 20.7. The van der Waals surface area contributed by atoms with Crippen LogP contribution in [-0.4, -0.2) is 16.2 Å². The van der Waals surface area contributed by atoms with Gasteiger partial charge in [-0.2, -0.15) is 0 Å². The van der Waals surface area contributed by atoms with Gasteiger partial charge < -0.3 is 0 Å². The van der Waals surface area contributed by atoms with Crippen LogP contribution in [0.2, 0.25) is 11.9 Å². The molecule has 0 bridgehead atoms. The summed E-state index contributed by atoms with van der Waals surface area (Å²) in [5, 5.41) is 0. The molecule has 0 aromatic rings. The summed E-state index contributed by atoms with van der Waals surface area (Å²) in [6.07, 6.45) is 23.5. The van der Waals surface area contributed by atoms with Crippen molar-refractivity contribution in [2.45, 2.75) is 129 Å². The monoisotopic (exact) mass is 360 g/mol. The molecule has 3 aliphatic rings. The van der Waals surface area contributed by atoms with Gasteiger partial charge in [-0.05, 0) is 0 Å². The fourth-order valence-electron chi connectivity index (χ4n) is 7.47. The summed E-state index contributed by atoms with van der Waals surface area (Å²) in [7, 11) is 0. The van der Waals surface area contributed by atoms with Crippen molar-refractivity contribution >= 4 is 16.2 Å². The molecule has 126 valence electrons. The van der Waals surface area contributed by atoms with Crippen LogP contribution in [-0.2, 0) is 0 Å². The average Bonchev–Trinajstić information content (AvgIpc) is 2.48. The van der Waals surface area contributed by atoms with E-state index in [1.165, 1.54) is 19.3 Å². The van der Waals surface area contributed by atoms with E-state index >= 15 is 0 Å². The summed E-state index contributed by atoms with van der Waals surface area (Å²) < 4.78 is 2.47. The molecule has 0 nitrogen and oxygen atoms in total. The third-order valence-corrected chi connectivity index (χ3v) is 20.5. The van der Waals surface area contributed by atoms with Gasteiger partial charge in [0.2, 0.25) is 0 Å². The van der Waals surface area contributed by atoms with Gasteiger partial charge in [0.1, 0.15) is 0 Å². The van der Waals surface area contributed by atoms with Gasteiger partial charge in [-0.15, -0.1) is 0 Å². The van der Waals surface area contributed by atoms with E-state index in [1.54, 1.807) is 77.0 Å². The van der Waals surface area contributed by atoms with E-state index in [9.17, 15) is 0 Å². The number of rotatable bonds is 3. The Hall–Kier alpha value is 0.636. The van der Waals surface area contributed by atoms with Gasteiger partial charge >= 0.3 is 145 Å². The molecule has 0 N–H and O–H groups in total. The molecule has 0 atom stereocenters. The fraction of sp³-hybridized carbons (Fsp3) is 1.00. The number of hydrogen-bond acceptors (Lipinski definition) is 0. The van der Waals surface area contributed by atoms with Crippen molar-refractivity contribution in [2.75, 3.05) is 0 Å². The Morgan fingerprint density at radius 2 is 0.636 bits per heavy atom. The van der Waals surface area contributed by atoms with E-state index in [1.807, 2.05) is 0 Å². The second kappa shape index (κ2) is 6.86. The molecule has 0 radical (unpaired) electrons. The molecule has 0 unspecified atom stereocenters. The Bertz CT molecular complexity index is 297. The summed E-state index contributed by atoms with van der Waals surface area (Å²) in [5.74, 6) is 0. The molecule has 0 spiro atoms. The Kier molecular flexibility index (Phi) is 5.45. The molecule has 0 aliphatic heterocycles. The van der Waals surface area contributed by atoms with E-state index in [0.717, 1.165) is 11.9 Å². The first-order valence-electron chi connectivity index (χ1n) is 10.5. The summed E-state index contributed by atoms with van der Waals surface area (Å²) in [5.41, 5.74) is 0. The predicted octanol–water partition coefficient (Wildman–Crippen LogP) is 7.65. The number of hydrogen-bond donors (Lipinski definition) is 0. The predicted molar refractivity (Wildman–Crippen MR) is 100 cm³/mol. The minimum atomic E-state index is -1.45. The zero-order valence-electron chi connectivity index (χ0n) is 15.7. The van der Waals surface area contributed by atoms with Gasteiger partial charge in [0.25, 0.3) is 0 Å². The quantitative estimate of drug-likeness (QED) is 0.453. The molecule has 0 aromatic heterocycles. The molecule has 0 aromatic carbocycles. The molecule has 3 fully saturated rings. The SMILES string of the molecule is C[C]1([Ga]([C]2(C)CCCCC2)[C]2(C)CCCCC2)CCCCC1. The van der Waals surface area contributed by atoms with E-state index in [4.69, 9.17) is 0 Å². The normalized spacial score (nSPS) is 30.7. The van der Waals surface area contributed by atoms with Crippen molar-refractivity contribution in [1.82, 2.24) is 0 Å². The molecule has 3 rings (SSSR count). The summed E-state index contributed by atoms with van der Waals surface area (Å²) in [6, 6.07) is 0. The van der Waals surface area contributed by atoms with Crippen LogP contribution in [0.15, 0.2) is 0 Å². The molecule has 0 heterocycles. The maximum absolute atomic E-state index is 2.79. The van der Waals surface area contributed by atoms with Crippen LogP contribution in [0.5, 0.6) is 0 Å². The van der Waals surface area contributed by atoms with Crippen molar-refractivity contribution in [1.29, 1.82) is 0 Å². The van der Waals surface area contributed by atoms with Gasteiger partial charge in [-0.3, -0.25) is 0 Å². The van der Waals surface area contributed by atoms with E-state index in [-0.39, 0.29) is 0 Å². The molecular weight excluding hydrogens is 322 g/mol. The second-order valence-electron chi connectivity index (χ2n) is 10.1. The first kappa shape index (κ1) is 17.5. The standard InChI is InChI=1S/3C7H13.Ga/c3*1-7-5-3-2-4-6-7;/h3*2-6H2,1H3;. The van der Waals surface area contributed by atoms with E-state index in [2.05, 4.69) is 20.8 Å². The maximum atomic E-state index is 2.79. The summed E-state index contributed by atoms with van der Waals surface area (Å²) >= 11 is -1.45. The van der Waals surface area contributed by atoms with Crippen LogP contribution in [0, 0.1) is 0 Å². The van der Waals surface area contributed by atoms with Crippen LogP contribution >= 0.6 is 0 Å². The summed E-state index contributed by atoms with van der Waals surface area (Å²) in [6.45, 7) is 8.36. The molecular formula is C21H39Ga. The van der Waals surface area contributed by atoms with Crippen LogP contribution < -0.4 is 0 Å². The molecule has 0 saturated heterocycles. The van der Waals surface area contributed by atoms with Crippen LogP contribution in [0.25, 0.3) is 0 Å². The molecule has 3 aliphatic carbocycles. The first-order valence-corrected chi connectivity index (χ1v) is 14.1. The van der Waals surface area contributed by atoms with Crippen LogP contribution in [0.1, 0.15) is 117 Å². The van der Waals surface area contributed by atoms with E-state index in [0.29, 0.717) is 0 Å². The third kappa shape index (κ3) is 3.36. The van der Waals surface area contributed by atoms with Crippen molar-refractivity contribution in [3.8, 4) is 0 Å². The van der Waals surface area contributed by atoms with E-state index < -0.39 is 16.2 Å². The first-order chi connectivity index (χ1) is 10.5. The van der Waals surface area contributed by atoms with Crippen molar-refractivity contribution in [2.24, 2.45) is 0 Å². The fourth-order valence-corrected chi connectivity index (χ4v) is 24.3. The van der Waals surface area contributed by atoms with Gasteiger partial charge in [-0.25, -0.2) is 0 Å². The van der Waals surface area contributed by atoms with Crippen LogP contribution in [0.4, 0.5) is 0 Å².